The Morgan fingerprint density at radius 3 is 2.54 bits per heavy atom. The molecule has 1 saturated heterocycles. The summed E-state index contributed by atoms with van der Waals surface area (Å²) in [6.07, 6.45) is 5.46. The van der Waals surface area contributed by atoms with E-state index in [1.165, 1.54) is 24.9 Å². The Morgan fingerprint density at radius 2 is 1.75 bits per heavy atom. The molecular formula is C21H24N6O. The van der Waals surface area contributed by atoms with E-state index in [0.717, 1.165) is 30.2 Å². The number of hydrogen-bond donors (Lipinski definition) is 2. The van der Waals surface area contributed by atoms with Crippen LogP contribution in [0.5, 0.6) is 5.75 Å². The van der Waals surface area contributed by atoms with Crippen molar-refractivity contribution in [2.45, 2.75) is 19.3 Å². The Kier molecular flexibility index (Phi) is 5.51. The lowest BCUT2D eigenvalue weighted by atomic mass is 10.1. The number of ether oxygens (including phenoxy) is 1. The van der Waals surface area contributed by atoms with Crippen LogP contribution < -0.4 is 20.3 Å². The van der Waals surface area contributed by atoms with E-state index in [-0.39, 0.29) is 0 Å². The summed E-state index contributed by atoms with van der Waals surface area (Å²) in [5, 5.41) is 14.5. The Bertz CT molecular complexity index is 909. The second-order valence-electron chi connectivity index (χ2n) is 6.74. The van der Waals surface area contributed by atoms with E-state index in [1.807, 2.05) is 24.3 Å². The number of rotatable bonds is 6. The van der Waals surface area contributed by atoms with E-state index >= 15 is 0 Å². The van der Waals surface area contributed by atoms with E-state index in [2.05, 4.69) is 55.0 Å². The lowest BCUT2D eigenvalue weighted by molar-refractivity contribution is 0.415. The Hall–Kier alpha value is -3.35. The van der Waals surface area contributed by atoms with Crippen LogP contribution in [0.25, 0.3) is 0 Å². The van der Waals surface area contributed by atoms with E-state index in [0.29, 0.717) is 11.8 Å². The van der Waals surface area contributed by atoms with Gasteiger partial charge in [-0.3, -0.25) is 0 Å². The van der Waals surface area contributed by atoms with Crippen LogP contribution in [-0.4, -0.2) is 35.4 Å². The molecule has 7 nitrogen and oxygen atoms in total. The van der Waals surface area contributed by atoms with Crippen LogP contribution in [0.4, 0.5) is 28.8 Å². The van der Waals surface area contributed by atoms with Crippen LogP contribution in [0.3, 0.4) is 0 Å². The molecule has 28 heavy (non-hydrogen) atoms. The highest BCUT2D eigenvalue weighted by molar-refractivity contribution is 5.62. The fourth-order valence-corrected chi connectivity index (χ4v) is 3.30. The fraction of sp³-hybridized carbons (Fsp3) is 0.286. The average molecular weight is 376 g/mol. The largest absolute Gasteiger partial charge is 0.497 e. The van der Waals surface area contributed by atoms with Crippen molar-refractivity contribution >= 4 is 28.8 Å². The summed E-state index contributed by atoms with van der Waals surface area (Å²) in [4.78, 5) is 6.92. The monoisotopic (exact) mass is 376 g/mol. The summed E-state index contributed by atoms with van der Waals surface area (Å²) in [6.45, 7) is 2.27. The molecule has 4 rings (SSSR count). The minimum absolute atomic E-state index is 0.443. The first kappa shape index (κ1) is 18.0. The smallest absolute Gasteiger partial charge is 0.249 e. The highest BCUT2D eigenvalue weighted by atomic mass is 16.5. The first-order valence-corrected chi connectivity index (χ1v) is 9.53. The van der Waals surface area contributed by atoms with Crippen molar-refractivity contribution in [2.75, 3.05) is 35.7 Å². The molecule has 1 fully saturated rings. The standard InChI is InChI=1S/C21H24N6O/c1-28-19-7-5-6-17(14-19)23-20-15-22-26-21(25-20)24-16-8-10-18(11-9-16)27-12-3-2-4-13-27/h5-11,14-15H,2-4,12-13H2,1H3,(H2,23,24,25,26). The number of methoxy groups -OCH3 is 1. The van der Waals surface area contributed by atoms with Gasteiger partial charge < -0.3 is 20.3 Å². The molecule has 0 saturated carbocycles. The van der Waals surface area contributed by atoms with Gasteiger partial charge in [0.15, 0.2) is 5.82 Å². The topological polar surface area (TPSA) is 75.2 Å². The molecule has 144 valence electrons. The minimum Gasteiger partial charge on any atom is -0.497 e. The van der Waals surface area contributed by atoms with Gasteiger partial charge in [0, 0.05) is 36.2 Å². The van der Waals surface area contributed by atoms with Gasteiger partial charge in [0.25, 0.3) is 0 Å². The fourth-order valence-electron chi connectivity index (χ4n) is 3.30. The third-order valence-corrected chi connectivity index (χ3v) is 4.75. The molecule has 3 aromatic rings. The van der Waals surface area contributed by atoms with E-state index in [1.54, 1.807) is 13.3 Å². The lowest BCUT2D eigenvalue weighted by Gasteiger charge is -2.28. The normalized spacial score (nSPS) is 13.8. The molecular weight excluding hydrogens is 352 g/mol. The minimum atomic E-state index is 0.443. The van der Waals surface area contributed by atoms with Crippen LogP contribution in [0.15, 0.2) is 54.7 Å². The molecule has 0 bridgehead atoms. The third-order valence-electron chi connectivity index (χ3n) is 4.75. The predicted molar refractivity (Wildman–Crippen MR) is 112 cm³/mol. The number of nitrogens with zero attached hydrogens (tertiary/aromatic N) is 4. The van der Waals surface area contributed by atoms with Crippen molar-refractivity contribution in [2.24, 2.45) is 0 Å². The molecule has 1 aromatic heterocycles. The molecule has 0 radical (unpaired) electrons. The van der Waals surface area contributed by atoms with Crippen LogP contribution in [-0.2, 0) is 0 Å². The van der Waals surface area contributed by atoms with Gasteiger partial charge >= 0.3 is 0 Å². The van der Waals surface area contributed by atoms with Crippen LogP contribution >= 0.6 is 0 Å². The summed E-state index contributed by atoms with van der Waals surface area (Å²) in [5.41, 5.74) is 3.07. The maximum atomic E-state index is 5.24. The molecule has 1 aliphatic heterocycles. The molecule has 0 aliphatic carbocycles. The lowest BCUT2D eigenvalue weighted by Crippen LogP contribution is -2.29. The van der Waals surface area contributed by atoms with E-state index in [9.17, 15) is 0 Å². The Balaban J connectivity index is 1.42. The predicted octanol–water partition coefficient (Wildman–Crippen LogP) is 4.36. The van der Waals surface area contributed by atoms with Crippen molar-refractivity contribution in [1.29, 1.82) is 0 Å². The molecule has 0 unspecified atom stereocenters. The molecule has 0 spiro atoms. The van der Waals surface area contributed by atoms with Gasteiger partial charge in [0.2, 0.25) is 5.95 Å². The maximum absolute atomic E-state index is 5.24. The summed E-state index contributed by atoms with van der Waals surface area (Å²) in [5.74, 6) is 1.83. The van der Waals surface area contributed by atoms with Gasteiger partial charge in [-0.25, -0.2) is 0 Å². The van der Waals surface area contributed by atoms with Crippen LogP contribution in [0.1, 0.15) is 19.3 Å². The van der Waals surface area contributed by atoms with Crippen molar-refractivity contribution in [3.63, 3.8) is 0 Å². The number of benzene rings is 2. The van der Waals surface area contributed by atoms with E-state index in [4.69, 9.17) is 4.74 Å². The van der Waals surface area contributed by atoms with E-state index < -0.39 is 0 Å². The maximum Gasteiger partial charge on any atom is 0.249 e. The zero-order valence-corrected chi connectivity index (χ0v) is 15.9. The molecule has 2 N–H and O–H groups in total. The first-order chi connectivity index (χ1) is 13.8. The average Bonchev–Trinajstić information content (AvgIpc) is 2.75. The summed E-state index contributed by atoms with van der Waals surface area (Å²) in [6, 6.07) is 16.0. The highest BCUT2D eigenvalue weighted by Gasteiger charge is 2.10. The number of hydrogen-bond acceptors (Lipinski definition) is 7. The van der Waals surface area contributed by atoms with Gasteiger partial charge in [0.1, 0.15) is 5.75 Å². The summed E-state index contributed by atoms with van der Waals surface area (Å²) in [7, 11) is 1.64. The molecule has 1 aliphatic rings. The summed E-state index contributed by atoms with van der Waals surface area (Å²) < 4.78 is 5.24. The second kappa shape index (κ2) is 8.56. The number of piperidine rings is 1. The zero-order valence-electron chi connectivity index (χ0n) is 15.9. The van der Waals surface area contributed by atoms with Gasteiger partial charge in [-0.2, -0.15) is 10.1 Å². The quantitative estimate of drug-likeness (QED) is 0.662. The molecule has 7 heteroatoms. The molecule has 0 atom stereocenters. The molecule has 2 heterocycles. The Labute approximate surface area is 164 Å². The van der Waals surface area contributed by atoms with Crippen LogP contribution in [0, 0.1) is 0 Å². The van der Waals surface area contributed by atoms with Crippen molar-refractivity contribution in [3.8, 4) is 5.75 Å². The number of nitrogens with one attached hydrogen (secondary N) is 2. The highest BCUT2D eigenvalue weighted by Crippen LogP contribution is 2.24. The number of anilines is 5. The van der Waals surface area contributed by atoms with Crippen molar-refractivity contribution in [3.05, 3.63) is 54.7 Å². The van der Waals surface area contributed by atoms with Gasteiger partial charge in [0.05, 0.1) is 13.3 Å². The SMILES string of the molecule is COc1cccc(Nc2cnnc(Nc3ccc(N4CCCCC4)cc3)n2)c1. The molecule has 2 aromatic carbocycles. The van der Waals surface area contributed by atoms with Crippen molar-refractivity contribution in [1.82, 2.24) is 15.2 Å². The number of aromatic nitrogens is 3. The van der Waals surface area contributed by atoms with Gasteiger partial charge in [-0.15, -0.1) is 5.10 Å². The molecule has 0 amide bonds. The van der Waals surface area contributed by atoms with Crippen molar-refractivity contribution < 1.29 is 4.74 Å². The Morgan fingerprint density at radius 1 is 0.929 bits per heavy atom. The van der Waals surface area contributed by atoms with Gasteiger partial charge in [-0.05, 0) is 55.7 Å². The second-order valence-corrected chi connectivity index (χ2v) is 6.74. The zero-order chi connectivity index (χ0) is 19.2. The van der Waals surface area contributed by atoms with Gasteiger partial charge in [-0.1, -0.05) is 6.07 Å². The summed E-state index contributed by atoms with van der Waals surface area (Å²) >= 11 is 0. The first-order valence-electron chi connectivity index (χ1n) is 9.53. The van der Waals surface area contributed by atoms with Crippen LogP contribution in [0.2, 0.25) is 0 Å². The third kappa shape index (κ3) is 4.49.